The SMILES string of the molecule is CC(C)CNC(=O)[C@H]1CCC(=O)N1[C@@H]1OC(=O)c2ccccc21. The van der Waals surface area contributed by atoms with Crippen molar-refractivity contribution in [3.8, 4) is 0 Å². The molecule has 122 valence electrons. The van der Waals surface area contributed by atoms with Gasteiger partial charge in [0.05, 0.1) is 5.56 Å². The lowest BCUT2D eigenvalue weighted by Crippen LogP contribution is -2.47. The molecule has 1 aromatic carbocycles. The van der Waals surface area contributed by atoms with Crippen LogP contribution in [0, 0.1) is 5.92 Å². The van der Waals surface area contributed by atoms with Gasteiger partial charge in [-0.2, -0.15) is 0 Å². The van der Waals surface area contributed by atoms with E-state index in [1.54, 1.807) is 24.3 Å². The molecule has 1 fully saturated rings. The van der Waals surface area contributed by atoms with Crippen LogP contribution < -0.4 is 5.32 Å². The Hall–Kier alpha value is -2.37. The van der Waals surface area contributed by atoms with E-state index < -0.39 is 18.2 Å². The molecule has 2 amide bonds. The normalized spacial score (nSPS) is 23.2. The molecule has 1 aromatic rings. The van der Waals surface area contributed by atoms with Crippen LogP contribution in [0.4, 0.5) is 0 Å². The molecule has 6 nitrogen and oxygen atoms in total. The standard InChI is InChI=1S/C17H20N2O4/c1-10(2)9-18-15(21)13-7-8-14(20)19(13)16-11-5-3-4-6-12(11)17(22)23-16/h3-6,10,13,16H,7-9H2,1-2H3,(H,18,21)/t13-,16-/m1/s1. The number of carbonyl (C=O) groups is 3. The van der Waals surface area contributed by atoms with Crippen LogP contribution >= 0.6 is 0 Å². The predicted octanol–water partition coefficient (Wildman–Crippen LogP) is 1.62. The maximum atomic E-state index is 12.4. The maximum Gasteiger partial charge on any atom is 0.340 e. The number of rotatable bonds is 4. The summed E-state index contributed by atoms with van der Waals surface area (Å²) >= 11 is 0. The van der Waals surface area contributed by atoms with E-state index in [4.69, 9.17) is 4.74 Å². The molecular formula is C17H20N2O4. The number of cyclic esters (lactones) is 1. The fourth-order valence-corrected chi connectivity index (χ4v) is 3.01. The fourth-order valence-electron chi connectivity index (χ4n) is 3.01. The predicted molar refractivity (Wildman–Crippen MR) is 82.3 cm³/mol. The number of hydrogen-bond donors (Lipinski definition) is 1. The van der Waals surface area contributed by atoms with Crippen LogP contribution in [-0.4, -0.2) is 35.3 Å². The highest BCUT2D eigenvalue weighted by molar-refractivity contribution is 5.96. The van der Waals surface area contributed by atoms with E-state index in [0.717, 1.165) is 0 Å². The molecule has 0 aliphatic carbocycles. The average Bonchev–Trinajstić information content (AvgIpc) is 3.06. The second kappa shape index (κ2) is 6.02. The number of esters is 1. The molecule has 2 aliphatic heterocycles. The first-order valence-electron chi connectivity index (χ1n) is 7.88. The topological polar surface area (TPSA) is 75.7 Å². The average molecular weight is 316 g/mol. The molecule has 23 heavy (non-hydrogen) atoms. The lowest BCUT2D eigenvalue weighted by Gasteiger charge is -2.29. The van der Waals surface area contributed by atoms with Gasteiger partial charge in [0.25, 0.3) is 0 Å². The van der Waals surface area contributed by atoms with Gasteiger partial charge in [-0.25, -0.2) is 4.79 Å². The van der Waals surface area contributed by atoms with Gasteiger partial charge in [0.2, 0.25) is 18.0 Å². The van der Waals surface area contributed by atoms with Crippen LogP contribution in [0.25, 0.3) is 0 Å². The number of benzene rings is 1. The molecule has 1 N–H and O–H groups in total. The summed E-state index contributed by atoms with van der Waals surface area (Å²) in [6.07, 6.45) is -0.0712. The zero-order valence-corrected chi connectivity index (χ0v) is 13.2. The first kappa shape index (κ1) is 15.5. The van der Waals surface area contributed by atoms with E-state index in [1.807, 2.05) is 13.8 Å². The monoisotopic (exact) mass is 316 g/mol. The smallest absolute Gasteiger partial charge is 0.340 e. The summed E-state index contributed by atoms with van der Waals surface area (Å²) in [5.41, 5.74) is 1.10. The van der Waals surface area contributed by atoms with Crippen LogP contribution in [0.3, 0.4) is 0 Å². The summed E-state index contributed by atoms with van der Waals surface area (Å²) in [6, 6.07) is 6.39. The Morgan fingerprint density at radius 2 is 2.09 bits per heavy atom. The minimum absolute atomic E-state index is 0.163. The zero-order valence-electron chi connectivity index (χ0n) is 13.2. The Labute approximate surface area is 134 Å². The third-order valence-electron chi connectivity index (χ3n) is 4.16. The van der Waals surface area contributed by atoms with Crippen LogP contribution in [0.1, 0.15) is 48.8 Å². The first-order valence-corrected chi connectivity index (χ1v) is 7.88. The molecule has 2 heterocycles. The van der Waals surface area contributed by atoms with Crippen molar-refractivity contribution in [2.24, 2.45) is 5.92 Å². The van der Waals surface area contributed by atoms with E-state index in [9.17, 15) is 14.4 Å². The van der Waals surface area contributed by atoms with Gasteiger partial charge in [0, 0.05) is 18.5 Å². The van der Waals surface area contributed by atoms with Gasteiger partial charge >= 0.3 is 5.97 Å². The maximum absolute atomic E-state index is 12.4. The van der Waals surface area contributed by atoms with Gasteiger partial charge in [-0.3, -0.25) is 14.5 Å². The second-order valence-corrected chi connectivity index (χ2v) is 6.34. The molecule has 0 aromatic heterocycles. The molecule has 0 spiro atoms. The van der Waals surface area contributed by atoms with Crippen LogP contribution in [-0.2, 0) is 14.3 Å². The minimum Gasteiger partial charge on any atom is -0.433 e. The van der Waals surface area contributed by atoms with E-state index in [0.29, 0.717) is 30.0 Å². The summed E-state index contributed by atoms with van der Waals surface area (Å²) in [7, 11) is 0. The van der Waals surface area contributed by atoms with Crippen molar-refractivity contribution in [2.75, 3.05) is 6.54 Å². The molecule has 2 aliphatic rings. The van der Waals surface area contributed by atoms with Gasteiger partial charge in [0.15, 0.2) is 0 Å². The van der Waals surface area contributed by atoms with E-state index in [1.165, 1.54) is 4.90 Å². The lowest BCUT2D eigenvalue weighted by molar-refractivity contribution is -0.145. The van der Waals surface area contributed by atoms with Crippen molar-refractivity contribution in [3.05, 3.63) is 35.4 Å². The van der Waals surface area contributed by atoms with E-state index in [2.05, 4.69) is 5.32 Å². The Morgan fingerprint density at radius 3 is 2.83 bits per heavy atom. The third-order valence-corrected chi connectivity index (χ3v) is 4.16. The number of ether oxygens (including phenoxy) is 1. The molecule has 0 radical (unpaired) electrons. The van der Waals surface area contributed by atoms with Gasteiger partial charge in [-0.05, 0) is 18.4 Å². The number of fused-ring (bicyclic) bond motifs is 1. The molecule has 1 saturated heterocycles. The number of hydrogen-bond acceptors (Lipinski definition) is 4. The van der Waals surface area contributed by atoms with E-state index >= 15 is 0 Å². The molecule has 3 rings (SSSR count). The Bertz CT molecular complexity index is 656. The number of likely N-dealkylation sites (tertiary alicyclic amines) is 1. The summed E-state index contributed by atoms with van der Waals surface area (Å²) in [5, 5.41) is 2.86. The lowest BCUT2D eigenvalue weighted by atomic mass is 10.1. The molecule has 0 saturated carbocycles. The summed E-state index contributed by atoms with van der Waals surface area (Å²) in [6.45, 7) is 4.57. The van der Waals surface area contributed by atoms with Crippen molar-refractivity contribution in [1.82, 2.24) is 10.2 Å². The molecule has 0 unspecified atom stereocenters. The quantitative estimate of drug-likeness (QED) is 0.857. The Kier molecular flexibility index (Phi) is 4.07. The highest BCUT2D eigenvalue weighted by Gasteiger charge is 2.46. The van der Waals surface area contributed by atoms with Crippen LogP contribution in [0.5, 0.6) is 0 Å². The van der Waals surface area contributed by atoms with Crippen LogP contribution in [0.15, 0.2) is 24.3 Å². The number of carbonyl (C=O) groups excluding carboxylic acids is 3. The number of amides is 2. The van der Waals surface area contributed by atoms with Crippen molar-refractivity contribution in [2.45, 2.75) is 39.0 Å². The summed E-state index contributed by atoms with van der Waals surface area (Å²) < 4.78 is 5.38. The molecular weight excluding hydrogens is 296 g/mol. The molecule has 6 heteroatoms. The highest BCUT2D eigenvalue weighted by atomic mass is 16.6. The number of nitrogens with one attached hydrogen (secondary N) is 1. The second-order valence-electron chi connectivity index (χ2n) is 6.34. The van der Waals surface area contributed by atoms with E-state index in [-0.39, 0.29) is 18.2 Å². The first-order chi connectivity index (χ1) is 11.0. The van der Waals surface area contributed by atoms with Gasteiger partial charge in [-0.1, -0.05) is 32.0 Å². The van der Waals surface area contributed by atoms with Crippen molar-refractivity contribution >= 4 is 17.8 Å². The summed E-state index contributed by atoms with van der Waals surface area (Å²) in [5.74, 6) is -0.477. The van der Waals surface area contributed by atoms with Gasteiger partial charge < -0.3 is 10.1 Å². The third kappa shape index (κ3) is 2.81. The highest BCUT2D eigenvalue weighted by Crippen LogP contribution is 2.38. The number of nitrogens with zero attached hydrogens (tertiary/aromatic N) is 1. The van der Waals surface area contributed by atoms with Crippen molar-refractivity contribution in [3.63, 3.8) is 0 Å². The van der Waals surface area contributed by atoms with Crippen molar-refractivity contribution < 1.29 is 19.1 Å². The van der Waals surface area contributed by atoms with Crippen molar-refractivity contribution in [1.29, 1.82) is 0 Å². The molecule has 0 bridgehead atoms. The van der Waals surface area contributed by atoms with Gasteiger partial charge in [0.1, 0.15) is 6.04 Å². The largest absolute Gasteiger partial charge is 0.433 e. The van der Waals surface area contributed by atoms with Gasteiger partial charge in [-0.15, -0.1) is 0 Å². The zero-order chi connectivity index (χ0) is 16.6. The fraction of sp³-hybridized carbons (Fsp3) is 0.471. The van der Waals surface area contributed by atoms with Crippen LogP contribution in [0.2, 0.25) is 0 Å². The minimum atomic E-state index is -0.802. The summed E-state index contributed by atoms with van der Waals surface area (Å²) in [4.78, 5) is 38.1. The Balaban J connectivity index is 1.84. The molecule has 2 atom stereocenters. The Morgan fingerprint density at radius 1 is 1.35 bits per heavy atom.